The molecule has 1 saturated carbocycles. The van der Waals surface area contributed by atoms with Crippen molar-refractivity contribution in [3.8, 4) is 0 Å². The van der Waals surface area contributed by atoms with E-state index in [0.717, 1.165) is 19.0 Å². The van der Waals surface area contributed by atoms with Crippen LogP contribution in [0.25, 0.3) is 0 Å². The van der Waals surface area contributed by atoms with Gasteiger partial charge in [-0.15, -0.1) is 0 Å². The van der Waals surface area contributed by atoms with Gasteiger partial charge in [0, 0.05) is 12.6 Å². The first-order chi connectivity index (χ1) is 6.84. The maximum Gasteiger partial charge on any atom is 0.137 e. The molecule has 4 nitrogen and oxygen atoms in total. The Morgan fingerprint density at radius 2 is 2.43 bits per heavy atom. The van der Waals surface area contributed by atoms with Crippen molar-refractivity contribution in [2.24, 2.45) is 5.92 Å². The lowest BCUT2D eigenvalue weighted by molar-refractivity contribution is 0.458. The van der Waals surface area contributed by atoms with E-state index in [1.54, 1.807) is 12.7 Å². The first kappa shape index (κ1) is 9.65. The molecule has 1 atom stereocenters. The molecule has 0 aliphatic heterocycles. The highest BCUT2D eigenvalue weighted by atomic mass is 15.3. The molecule has 0 saturated heterocycles. The molecule has 1 heterocycles. The third kappa shape index (κ3) is 3.10. The van der Waals surface area contributed by atoms with Crippen LogP contribution in [-0.2, 0) is 6.54 Å². The lowest BCUT2D eigenvalue weighted by Crippen LogP contribution is -2.29. The fourth-order valence-corrected chi connectivity index (χ4v) is 1.71. The molecular weight excluding hydrogens is 176 g/mol. The van der Waals surface area contributed by atoms with Gasteiger partial charge in [-0.05, 0) is 19.3 Å². The van der Waals surface area contributed by atoms with E-state index in [9.17, 15) is 0 Å². The van der Waals surface area contributed by atoms with Gasteiger partial charge in [-0.25, -0.2) is 4.98 Å². The van der Waals surface area contributed by atoms with Crippen molar-refractivity contribution in [3.05, 3.63) is 12.7 Å². The highest BCUT2D eigenvalue weighted by Crippen LogP contribution is 2.33. The minimum Gasteiger partial charge on any atom is -0.312 e. The molecule has 14 heavy (non-hydrogen) atoms. The maximum atomic E-state index is 4.05. The van der Waals surface area contributed by atoms with E-state index < -0.39 is 0 Å². The van der Waals surface area contributed by atoms with Gasteiger partial charge in [-0.3, -0.25) is 4.68 Å². The average molecular weight is 194 g/mol. The molecule has 0 amide bonds. The van der Waals surface area contributed by atoms with Crippen molar-refractivity contribution >= 4 is 0 Å². The lowest BCUT2D eigenvalue weighted by Gasteiger charge is -2.12. The zero-order valence-corrected chi connectivity index (χ0v) is 8.69. The smallest absolute Gasteiger partial charge is 0.137 e. The summed E-state index contributed by atoms with van der Waals surface area (Å²) in [5.74, 6) is 1.00. The van der Waals surface area contributed by atoms with Crippen molar-refractivity contribution in [1.82, 2.24) is 20.1 Å². The van der Waals surface area contributed by atoms with Crippen LogP contribution < -0.4 is 5.32 Å². The Hall–Kier alpha value is -0.900. The molecule has 1 aliphatic rings. The van der Waals surface area contributed by atoms with Gasteiger partial charge in [0.05, 0.1) is 6.54 Å². The highest BCUT2D eigenvalue weighted by molar-refractivity contribution is 4.77. The number of rotatable bonds is 6. The van der Waals surface area contributed by atoms with Gasteiger partial charge in [0.15, 0.2) is 0 Å². The zero-order valence-electron chi connectivity index (χ0n) is 8.69. The minimum absolute atomic E-state index is 0.644. The van der Waals surface area contributed by atoms with Crippen LogP contribution in [0.3, 0.4) is 0 Å². The Morgan fingerprint density at radius 3 is 3.07 bits per heavy atom. The van der Waals surface area contributed by atoms with Crippen LogP contribution in [0.2, 0.25) is 0 Å². The molecular formula is C10H18N4. The van der Waals surface area contributed by atoms with Crippen LogP contribution in [0, 0.1) is 5.92 Å². The Bertz CT molecular complexity index is 253. The predicted molar refractivity (Wildman–Crippen MR) is 54.8 cm³/mol. The fourth-order valence-electron chi connectivity index (χ4n) is 1.71. The third-order valence-corrected chi connectivity index (χ3v) is 2.68. The number of nitrogens with one attached hydrogen (secondary N) is 1. The van der Waals surface area contributed by atoms with E-state index in [1.165, 1.54) is 19.3 Å². The summed E-state index contributed by atoms with van der Waals surface area (Å²) in [6.07, 6.45) is 7.54. The van der Waals surface area contributed by atoms with Crippen LogP contribution in [0.1, 0.15) is 26.2 Å². The summed E-state index contributed by atoms with van der Waals surface area (Å²) in [5, 5.41) is 7.56. The van der Waals surface area contributed by atoms with Crippen LogP contribution >= 0.6 is 0 Å². The molecule has 0 radical (unpaired) electrons. The fraction of sp³-hybridized carbons (Fsp3) is 0.800. The SMILES string of the molecule is CC(CC1CC1)NCCn1cncn1. The summed E-state index contributed by atoms with van der Waals surface area (Å²) in [7, 11) is 0. The second-order valence-electron chi connectivity index (χ2n) is 4.19. The average Bonchev–Trinajstić information content (AvgIpc) is 2.82. The van der Waals surface area contributed by atoms with Gasteiger partial charge in [0.1, 0.15) is 12.7 Å². The molecule has 2 rings (SSSR count). The van der Waals surface area contributed by atoms with Crippen LogP contribution in [0.4, 0.5) is 0 Å². The molecule has 78 valence electrons. The van der Waals surface area contributed by atoms with Gasteiger partial charge in [0.25, 0.3) is 0 Å². The summed E-state index contributed by atoms with van der Waals surface area (Å²) in [6.45, 7) is 4.16. The first-order valence-electron chi connectivity index (χ1n) is 5.40. The Kier molecular flexibility index (Phi) is 3.14. The van der Waals surface area contributed by atoms with Crippen LogP contribution in [0.5, 0.6) is 0 Å². The molecule has 0 spiro atoms. The van der Waals surface area contributed by atoms with E-state index in [2.05, 4.69) is 22.3 Å². The van der Waals surface area contributed by atoms with E-state index >= 15 is 0 Å². The minimum atomic E-state index is 0.644. The third-order valence-electron chi connectivity index (χ3n) is 2.68. The number of hydrogen-bond donors (Lipinski definition) is 1. The summed E-state index contributed by atoms with van der Waals surface area (Å²) in [4.78, 5) is 3.90. The molecule has 1 unspecified atom stereocenters. The van der Waals surface area contributed by atoms with Crippen LogP contribution in [0.15, 0.2) is 12.7 Å². The van der Waals surface area contributed by atoms with Crippen molar-refractivity contribution in [2.75, 3.05) is 6.54 Å². The second-order valence-corrected chi connectivity index (χ2v) is 4.19. The molecule has 1 aromatic rings. The lowest BCUT2D eigenvalue weighted by atomic mass is 10.1. The van der Waals surface area contributed by atoms with Gasteiger partial charge in [-0.1, -0.05) is 12.8 Å². The van der Waals surface area contributed by atoms with Crippen molar-refractivity contribution < 1.29 is 0 Å². The quantitative estimate of drug-likeness (QED) is 0.736. The summed E-state index contributed by atoms with van der Waals surface area (Å²) < 4.78 is 1.86. The van der Waals surface area contributed by atoms with Gasteiger partial charge < -0.3 is 5.32 Å². The summed E-state index contributed by atoms with van der Waals surface area (Å²) in [5.41, 5.74) is 0. The molecule has 1 N–H and O–H groups in total. The normalized spacial score (nSPS) is 18.4. The largest absolute Gasteiger partial charge is 0.312 e. The first-order valence-corrected chi connectivity index (χ1v) is 5.40. The standard InChI is InChI=1S/C10H18N4/c1-9(6-10-2-3-10)12-4-5-14-8-11-7-13-14/h7-10,12H,2-6H2,1H3. The van der Waals surface area contributed by atoms with E-state index in [-0.39, 0.29) is 0 Å². The number of aromatic nitrogens is 3. The Balaban J connectivity index is 1.57. The topological polar surface area (TPSA) is 42.7 Å². The molecule has 1 aliphatic carbocycles. The van der Waals surface area contributed by atoms with Crippen molar-refractivity contribution in [1.29, 1.82) is 0 Å². The van der Waals surface area contributed by atoms with E-state index in [0.29, 0.717) is 6.04 Å². The molecule has 4 heteroatoms. The van der Waals surface area contributed by atoms with Crippen molar-refractivity contribution in [3.63, 3.8) is 0 Å². The predicted octanol–water partition coefficient (Wildman–Crippen LogP) is 1.06. The van der Waals surface area contributed by atoms with Crippen LogP contribution in [-0.4, -0.2) is 27.4 Å². The zero-order chi connectivity index (χ0) is 9.80. The maximum absolute atomic E-state index is 4.05. The molecule has 0 aromatic carbocycles. The van der Waals surface area contributed by atoms with E-state index in [4.69, 9.17) is 0 Å². The number of hydrogen-bond acceptors (Lipinski definition) is 3. The Morgan fingerprint density at radius 1 is 1.57 bits per heavy atom. The van der Waals surface area contributed by atoms with Gasteiger partial charge in [-0.2, -0.15) is 5.10 Å². The van der Waals surface area contributed by atoms with Gasteiger partial charge in [0.2, 0.25) is 0 Å². The van der Waals surface area contributed by atoms with E-state index in [1.807, 2.05) is 4.68 Å². The summed E-state index contributed by atoms with van der Waals surface area (Å²) >= 11 is 0. The summed E-state index contributed by atoms with van der Waals surface area (Å²) in [6, 6.07) is 0.644. The second kappa shape index (κ2) is 4.55. The molecule has 1 aromatic heterocycles. The molecule has 1 fully saturated rings. The Labute approximate surface area is 84.7 Å². The van der Waals surface area contributed by atoms with Gasteiger partial charge >= 0.3 is 0 Å². The highest BCUT2D eigenvalue weighted by Gasteiger charge is 2.22. The monoisotopic (exact) mass is 194 g/mol. The number of nitrogens with zero attached hydrogens (tertiary/aromatic N) is 3. The molecule has 0 bridgehead atoms. The van der Waals surface area contributed by atoms with Crippen molar-refractivity contribution in [2.45, 2.75) is 38.8 Å².